The molecule has 118 valence electrons. The van der Waals surface area contributed by atoms with E-state index in [1.54, 1.807) is 19.1 Å². The van der Waals surface area contributed by atoms with Crippen LogP contribution in [0.1, 0.15) is 68.6 Å². The lowest BCUT2D eigenvalue weighted by molar-refractivity contribution is 0.164. The number of hydrogen-bond acceptors (Lipinski definition) is 2. The molecule has 1 aliphatic carbocycles. The number of aryl methyl sites for hydroxylation is 1. The summed E-state index contributed by atoms with van der Waals surface area (Å²) in [5.41, 5.74) is 1.41. The molecule has 1 aliphatic rings. The summed E-state index contributed by atoms with van der Waals surface area (Å²) in [6.45, 7) is 2.56. The smallest absolute Gasteiger partial charge is 0.126 e. The quantitative estimate of drug-likeness (QED) is 0.850. The van der Waals surface area contributed by atoms with Crippen molar-refractivity contribution in [3.05, 3.63) is 35.1 Å². The molecule has 0 heterocycles. The maximum absolute atomic E-state index is 13.2. The average Bonchev–Trinajstić information content (AvgIpc) is 2.43. The van der Waals surface area contributed by atoms with E-state index in [1.807, 2.05) is 0 Å². The Morgan fingerprint density at radius 1 is 1.19 bits per heavy atom. The minimum Gasteiger partial charge on any atom is -0.388 e. The predicted molar refractivity (Wildman–Crippen MR) is 84.8 cm³/mol. The van der Waals surface area contributed by atoms with Gasteiger partial charge in [0.15, 0.2) is 0 Å². The molecule has 0 spiro atoms. The van der Waals surface area contributed by atoms with Crippen LogP contribution in [0.15, 0.2) is 18.2 Å². The van der Waals surface area contributed by atoms with Crippen LogP contribution in [0.4, 0.5) is 4.39 Å². The van der Waals surface area contributed by atoms with E-state index < -0.39 is 6.10 Å². The average molecular weight is 293 g/mol. The summed E-state index contributed by atoms with van der Waals surface area (Å²) in [6.07, 6.45) is 9.42. The van der Waals surface area contributed by atoms with E-state index in [4.69, 9.17) is 0 Å². The van der Waals surface area contributed by atoms with E-state index in [2.05, 4.69) is 5.32 Å². The van der Waals surface area contributed by atoms with E-state index >= 15 is 0 Å². The van der Waals surface area contributed by atoms with Gasteiger partial charge >= 0.3 is 0 Å². The fourth-order valence-electron chi connectivity index (χ4n) is 3.13. The highest BCUT2D eigenvalue weighted by molar-refractivity contribution is 5.25. The van der Waals surface area contributed by atoms with Crippen LogP contribution in [0.3, 0.4) is 0 Å². The van der Waals surface area contributed by atoms with Gasteiger partial charge in [-0.15, -0.1) is 0 Å². The van der Waals surface area contributed by atoms with E-state index in [-0.39, 0.29) is 5.82 Å². The zero-order valence-corrected chi connectivity index (χ0v) is 13.1. The normalized spacial score (nSPS) is 19.0. The van der Waals surface area contributed by atoms with Gasteiger partial charge in [-0.05, 0) is 49.9 Å². The highest BCUT2D eigenvalue weighted by Gasteiger charge is 2.13. The van der Waals surface area contributed by atoms with Crippen LogP contribution in [0.25, 0.3) is 0 Å². The van der Waals surface area contributed by atoms with E-state index in [0.29, 0.717) is 18.0 Å². The fraction of sp³-hybridized carbons (Fsp3) is 0.667. The van der Waals surface area contributed by atoms with Crippen molar-refractivity contribution < 1.29 is 9.50 Å². The summed E-state index contributed by atoms with van der Waals surface area (Å²) >= 11 is 0. The Morgan fingerprint density at radius 3 is 2.52 bits per heavy atom. The van der Waals surface area contributed by atoms with Gasteiger partial charge in [0.25, 0.3) is 0 Å². The third kappa shape index (κ3) is 5.40. The van der Waals surface area contributed by atoms with E-state index in [1.165, 1.54) is 51.0 Å². The lowest BCUT2D eigenvalue weighted by atomic mass is 9.96. The van der Waals surface area contributed by atoms with Crippen molar-refractivity contribution in [2.24, 2.45) is 0 Å². The third-order valence-electron chi connectivity index (χ3n) is 4.52. The highest BCUT2D eigenvalue weighted by Crippen LogP contribution is 2.20. The molecule has 1 saturated carbocycles. The Kier molecular flexibility index (Phi) is 6.65. The molecule has 1 unspecified atom stereocenters. The summed E-state index contributed by atoms with van der Waals surface area (Å²) in [6, 6.07) is 5.47. The zero-order valence-electron chi connectivity index (χ0n) is 13.1. The van der Waals surface area contributed by atoms with Gasteiger partial charge in [0.05, 0.1) is 6.10 Å². The fourth-order valence-corrected chi connectivity index (χ4v) is 3.13. The molecule has 0 amide bonds. The molecule has 2 N–H and O–H groups in total. The Bertz CT molecular complexity index is 427. The molecule has 21 heavy (non-hydrogen) atoms. The number of rotatable bonds is 5. The van der Waals surface area contributed by atoms with Crippen LogP contribution >= 0.6 is 0 Å². The molecule has 0 aromatic heterocycles. The van der Waals surface area contributed by atoms with Gasteiger partial charge in [0.1, 0.15) is 5.82 Å². The molecule has 0 aliphatic heterocycles. The minimum atomic E-state index is -0.509. The van der Waals surface area contributed by atoms with Crippen molar-refractivity contribution in [1.29, 1.82) is 0 Å². The Balaban J connectivity index is 1.75. The second kappa shape index (κ2) is 8.50. The SMILES string of the molecule is Cc1cc(C(O)CCNC2CCCCCCC2)ccc1F. The number of halogens is 1. The van der Waals surface area contributed by atoms with E-state index in [0.717, 1.165) is 12.1 Å². The topological polar surface area (TPSA) is 32.3 Å². The largest absolute Gasteiger partial charge is 0.388 e. The first-order chi connectivity index (χ1) is 10.2. The van der Waals surface area contributed by atoms with Crippen LogP contribution in [0.2, 0.25) is 0 Å². The third-order valence-corrected chi connectivity index (χ3v) is 4.52. The molecule has 1 fully saturated rings. The first-order valence-corrected chi connectivity index (χ1v) is 8.34. The van der Waals surface area contributed by atoms with Crippen LogP contribution in [0, 0.1) is 12.7 Å². The van der Waals surface area contributed by atoms with Gasteiger partial charge in [-0.3, -0.25) is 0 Å². The second-order valence-corrected chi connectivity index (χ2v) is 6.31. The molecule has 0 saturated heterocycles. The number of nitrogens with one attached hydrogen (secondary N) is 1. The van der Waals surface area contributed by atoms with Crippen molar-refractivity contribution in [3.63, 3.8) is 0 Å². The van der Waals surface area contributed by atoms with Crippen molar-refractivity contribution in [2.45, 2.75) is 70.4 Å². The van der Waals surface area contributed by atoms with Gasteiger partial charge in [0, 0.05) is 6.04 Å². The summed E-state index contributed by atoms with van der Waals surface area (Å²) in [4.78, 5) is 0. The Hall–Kier alpha value is -0.930. The van der Waals surface area contributed by atoms with Crippen molar-refractivity contribution >= 4 is 0 Å². The van der Waals surface area contributed by atoms with Gasteiger partial charge < -0.3 is 10.4 Å². The van der Waals surface area contributed by atoms with Gasteiger partial charge in [0.2, 0.25) is 0 Å². The molecule has 1 atom stereocenters. The monoisotopic (exact) mass is 293 g/mol. The number of hydrogen-bond donors (Lipinski definition) is 2. The molecule has 0 bridgehead atoms. The van der Waals surface area contributed by atoms with Crippen LogP contribution in [0.5, 0.6) is 0 Å². The predicted octanol–water partition coefficient (Wildman–Crippen LogP) is 4.26. The highest BCUT2D eigenvalue weighted by atomic mass is 19.1. The standard InChI is InChI=1S/C18H28FNO/c1-14-13-15(9-10-17(14)19)18(21)11-12-20-16-7-5-3-2-4-6-8-16/h9-10,13,16,18,20-21H,2-8,11-12H2,1H3. The van der Waals surface area contributed by atoms with Crippen LogP contribution in [-0.2, 0) is 0 Å². The number of aliphatic hydroxyl groups excluding tert-OH is 1. The summed E-state index contributed by atoms with van der Waals surface area (Å²) in [5.74, 6) is -0.210. The van der Waals surface area contributed by atoms with Crippen LogP contribution < -0.4 is 5.32 Å². The molecule has 1 aromatic carbocycles. The van der Waals surface area contributed by atoms with Crippen molar-refractivity contribution in [3.8, 4) is 0 Å². The molecule has 0 radical (unpaired) electrons. The van der Waals surface area contributed by atoms with Crippen molar-refractivity contribution in [2.75, 3.05) is 6.54 Å². The zero-order chi connectivity index (χ0) is 15.1. The molecule has 2 rings (SSSR count). The molecule has 2 nitrogen and oxygen atoms in total. The lowest BCUT2D eigenvalue weighted by Crippen LogP contribution is -2.31. The van der Waals surface area contributed by atoms with Gasteiger partial charge in [-0.25, -0.2) is 4.39 Å². The van der Waals surface area contributed by atoms with Crippen LogP contribution in [-0.4, -0.2) is 17.7 Å². The van der Waals surface area contributed by atoms with Gasteiger partial charge in [-0.2, -0.15) is 0 Å². The minimum absolute atomic E-state index is 0.210. The summed E-state index contributed by atoms with van der Waals surface area (Å²) in [5, 5.41) is 13.8. The molecule has 1 aromatic rings. The number of benzene rings is 1. The Morgan fingerprint density at radius 2 is 1.86 bits per heavy atom. The molecular weight excluding hydrogens is 265 g/mol. The number of aliphatic hydroxyl groups is 1. The summed E-state index contributed by atoms with van der Waals surface area (Å²) < 4.78 is 13.2. The summed E-state index contributed by atoms with van der Waals surface area (Å²) in [7, 11) is 0. The molecule has 3 heteroatoms. The lowest BCUT2D eigenvalue weighted by Gasteiger charge is -2.22. The first-order valence-electron chi connectivity index (χ1n) is 8.34. The maximum Gasteiger partial charge on any atom is 0.126 e. The molecular formula is C18H28FNO. The maximum atomic E-state index is 13.2. The van der Waals surface area contributed by atoms with E-state index in [9.17, 15) is 9.50 Å². The first kappa shape index (κ1) is 16.4. The van der Waals surface area contributed by atoms with Crippen molar-refractivity contribution in [1.82, 2.24) is 5.32 Å². The van der Waals surface area contributed by atoms with Gasteiger partial charge in [-0.1, -0.05) is 44.2 Å². The second-order valence-electron chi connectivity index (χ2n) is 6.31. The Labute approximate surface area is 127 Å².